The van der Waals surface area contributed by atoms with Crippen LogP contribution in [0.2, 0.25) is 0 Å². The Hall–Kier alpha value is -2.62. The van der Waals surface area contributed by atoms with Gasteiger partial charge >= 0.3 is 0 Å². The van der Waals surface area contributed by atoms with Gasteiger partial charge in [-0.25, -0.2) is 0 Å². The Kier molecular flexibility index (Phi) is 4.19. The Balaban J connectivity index is 1.76. The highest BCUT2D eigenvalue weighted by atomic mass is 16.1. The molecule has 112 valence electrons. The zero-order valence-corrected chi connectivity index (χ0v) is 12.5. The molecule has 0 saturated carbocycles. The summed E-state index contributed by atoms with van der Waals surface area (Å²) in [7, 11) is 0. The molecule has 0 spiro atoms. The third-order valence-electron chi connectivity index (χ3n) is 3.87. The molecule has 2 aromatic carbocycles. The molecule has 1 heterocycles. The van der Waals surface area contributed by atoms with Crippen molar-refractivity contribution in [2.24, 2.45) is 0 Å². The normalized spacial score (nSPS) is 12.2. The first-order valence-corrected chi connectivity index (χ1v) is 7.55. The number of aromatic amines is 1. The molecular weight excluding hydrogens is 274 g/mol. The number of amides is 1. The minimum absolute atomic E-state index is 0.0577. The van der Waals surface area contributed by atoms with Gasteiger partial charge in [-0.05, 0) is 24.5 Å². The Morgan fingerprint density at radius 1 is 1.18 bits per heavy atom. The SMILES string of the molecule is CCC(Cc1ccccc1)NC(=O)c1cccc2cn[nH]c12. The molecule has 22 heavy (non-hydrogen) atoms. The molecule has 1 atom stereocenters. The molecule has 1 amide bonds. The van der Waals surface area contributed by atoms with Crippen LogP contribution in [-0.4, -0.2) is 22.1 Å². The first-order chi connectivity index (χ1) is 10.8. The first kappa shape index (κ1) is 14.3. The molecule has 0 fully saturated rings. The van der Waals surface area contributed by atoms with E-state index in [9.17, 15) is 4.79 Å². The Bertz CT molecular complexity index is 764. The second-order valence-electron chi connectivity index (χ2n) is 5.41. The van der Waals surface area contributed by atoms with Crippen LogP contribution in [0, 0.1) is 0 Å². The number of hydrogen-bond donors (Lipinski definition) is 2. The Morgan fingerprint density at radius 3 is 2.77 bits per heavy atom. The van der Waals surface area contributed by atoms with Gasteiger partial charge in [-0.3, -0.25) is 9.89 Å². The van der Waals surface area contributed by atoms with Crippen LogP contribution in [0.3, 0.4) is 0 Å². The molecule has 0 bridgehead atoms. The van der Waals surface area contributed by atoms with E-state index in [1.54, 1.807) is 6.20 Å². The van der Waals surface area contributed by atoms with E-state index in [-0.39, 0.29) is 11.9 Å². The van der Waals surface area contributed by atoms with Crippen molar-refractivity contribution in [2.75, 3.05) is 0 Å². The maximum absolute atomic E-state index is 12.6. The fourth-order valence-corrected chi connectivity index (χ4v) is 2.62. The van der Waals surface area contributed by atoms with E-state index in [1.807, 2.05) is 36.4 Å². The number of rotatable bonds is 5. The van der Waals surface area contributed by atoms with Crippen molar-refractivity contribution >= 4 is 16.8 Å². The van der Waals surface area contributed by atoms with Gasteiger partial charge < -0.3 is 5.32 Å². The number of fused-ring (bicyclic) bond motifs is 1. The standard InChI is InChI=1S/C18H19N3O/c1-2-15(11-13-7-4-3-5-8-13)20-18(22)16-10-6-9-14-12-19-21-17(14)16/h3-10,12,15H,2,11H2,1H3,(H,19,21)(H,20,22). The highest BCUT2D eigenvalue weighted by Crippen LogP contribution is 2.16. The molecule has 3 rings (SSSR count). The third-order valence-corrected chi connectivity index (χ3v) is 3.87. The predicted octanol–water partition coefficient (Wildman–Crippen LogP) is 3.31. The van der Waals surface area contributed by atoms with Crippen LogP contribution in [0.15, 0.2) is 54.7 Å². The lowest BCUT2D eigenvalue weighted by atomic mass is 10.0. The van der Waals surface area contributed by atoms with Crippen molar-refractivity contribution < 1.29 is 4.79 Å². The molecule has 0 saturated heterocycles. The molecule has 0 radical (unpaired) electrons. The molecule has 1 aromatic heterocycles. The fraction of sp³-hybridized carbons (Fsp3) is 0.222. The van der Waals surface area contributed by atoms with Crippen LogP contribution >= 0.6 is 0 Å². The van der Waals surface area contributed by atoms with E-state index in [4.69, 9.17) is 0 Å². The van der Waals surface area contributed by atoms with E-state index in [0.717, 1.165) is 23.7 Å². The van der Waals surface area contributed by atoms with Crippen LogP contribution in [-0.2, 0) is 6.42 Å². The second-order valence-corrected chi connectivity index (χ2v) is 5.41. The first-order valence-electron chi connectivity index (χ1n) is 7.55. The lowest BCUT2D eigenvalue weighted by molar-refractivity contribution is 0.0937. The maximum atomic E-state index is 12.6. The summed E-state index contributed by atoms with van der Waals surface area (Å²) in [6.07, 6.45) is 3.45. The number of benzene rings is 2. The summed E-state index contributed by atoms with van der Waals surface area (Å²) in [6.45, 7) is 2.09. The topological polar surface area (TPSA) is 57.8 Å². The van der Waals surface area contributed by atoms with Crippen molar-refractivity contribution in [1.29, 1.82) is 0 Å². The van der Waals surface area contributed by atoms with Gasteiger partial charge in [-0.15, -0.1) is 0 Å². The van der Waals surface area contributed by atoms with Gasteiger partial charge in [-0.2, -0.15) is 5.10 Å². The average molecular weight is 293 g/mol. The van der Waals surface area contributed by atoms with Gasteiger partial charge in [0.25, 0.3) is 5.91 Å². The van der Waals surface area contributed by atoms with E-state index in [0.29, 0.717) is 5.56 Å². The van der Waals surface area contributed by atoms with E-state index < -0.39 is 0 Å². The average Bonchev–Trinajstić information content (AvgIpc) is 3.03. The molecule has 4 heteroatoms. The lowest BCUT2D eigenvalue weighted by Gasteiger charge is -2.17. The predicted molar refractivity (Wildman–Crippen MR) is 87.8 cm³/mol. The van der Waals surface area contributed by atoms with Gasteiger partial charge in [0.05, 0.1) is 17.3 Å². The van der Waals surface area contributed by atoms with Crippen LogP contribution < -0.4 is 5.32 Å². The molecule has 0 aliphatic rings. The summed E-state index contributed by atoms with van der Waals surface area (Å²) in [4.78, 5) is 12.6. The van der Waals surface area contributed by atoms with Crippen molar-refractivity contribution in [1.82, 2.24) is 15.5 Å². The summed E-state index contributed by atoms with van der Waals surface area (Å²) in [5.74, 6) is -0.0577. The summed E-state index contributed by atoms with van der Waals surface area (Å²) >= 11 is 0. The summed E-state index contributed by atoms with van der Waals surface area (Å²) in [5, 5.41) is 11.0. The highest BCUT2D eigenvalue weighted by molar-refractivity contribution is 6.05. The summed E-state index contributed by atoms with van der Waals surface area (Å²) < 4.78 is 0. The van der Waals surface area contributed by atoms with Crippen molar-refractivity contribution in [3.63, 3.8) is 0 Å². The summed E-state index contributed by atoms with van der Waals surface area (Å²) in [5.41, 5.74) is 2.66. The number of carbonyl (C=O) groups excluding carboxylic acids is 1. The second kappa shape index (κ2) is 6.43. The van der Waals surface area contributed by atoms with Gasteiger partial charge in [-0.1, -0.05) is 49.4 Å². The minimum Gasteiger partial charge on any atom is -0.349 e. The Labute approximate surface area is 129 Å². The van der Waals surface area contributed by atoms with Crippen LogP contribution in [0.4, 0.5) is 0 Å². The number of para-hydroxylation sites is 1. The molecule has 1 unspecified atom stereocenters. The number of H-pyrrole nitrogens is 1. The quantitative estimate of drug-likeness (QED) is 0.758. The molecule has 2 N–H and O–H groups in total. The monoisotopic (exact) mass is 293 g/mol. The minimum atomic E-state index is -0.0577. The lowest BCUT2D eigenvalue weighted by Crippen LogP contribution is -2.36. The van der Waals surface area contributed by atoms with E-state index in [1.165, 1.54) is 5.56 Å². The van der Waals surface area contributed by atoms with Crippen LogP contribution in [0.25, 0.3) is 10.9 Å². The van der Waals surface area contributed by atoms with Crippen LogP contribution in [0.1, 0.15) is 29.3 Å². The van der Waals surface area contributed by atoms with Gasteiger partial charge in [0.2, 0.25) is 0 Å². The zero-order valence-electron chi connectivity index (χ0n) is 12.5. The molecule has 0 aliphatic heterocycles. The highest BCUT2D eigenvalue weighted by Gasteiger charge is 2.15. The number of hydrogen-bond acceptors (Lipinski definition) is 2. The number of aromatic nitrogens is 2. The molecule has 0 aliphatic carbocycles. The molecule has 4 nitrogen and oxygen atoms in total. The van der Waals surface area contributed by atoms with Crippen molar-refractivity contribution in [2.45, 2.75) is 25.8 Å². The number of nitrogens with zero attached hydrogens (tertiary/aromatic N) is 1. The maximum Gasteiger partial charge on any atom is 0.253 e. The molecule has 3 aromatic rings. The van der Waals surface area contributed by atoms with Gasteiger partial charge in [0, 0.05) is 11.4 Å². The fourth-order valence-electron chi connectivity index (χ4n) is 2.62. The summed E-state index contributed by atoms with van der Waals surface area (Å²) in [6, 6.07) is 16.0. The van der Waals surface area contributed by atoms with Crippen LogP contribution in [0.5, 0.6) is 0 Å². The van der Waals surface area contributed by atoms with E-state index >= 15 is 0 Å². The van der Waals surface area contributed by atoms with Gasteiger partial charge in [0.1, 0.15) is 0 Å². The number of carbonyl (C=O) groups is 1. The third kappa shape index (κ3) is 3.01. The van der Waals surface area contributed by atoms with E-state index in [2.05, 4.69) is 34.6 Å². The zero-order chi connectivity index (χ0) is 15.4. The van der Waals surface area contributed by atoms with Crippen molar-refractivity contribution in [3.8, 4) is 0 Å². The molecular formula is C18H19N3O. The van der Waals surface area contributed by atoms with Gasteiger partial charge in [0.15, 0.2) is 0 Å². The Morgan fingerprint density at radius 2 is 2.00 bits per heavy atom. The smallest absolute Gasteiger partial charge is 0.253 e. The number of nitrogens with one attached hydrogen (secondary N) is 2. The largest absolute Gasteiger partial charge is 0.349 e. The van der Waals surface area contributed by atoms with Crippen molar-refractivity contribution in [3.05, 3.63) is 65.9 Å².